The van der Waals surface area contributed by atoms with E-state index in [9.17, 15) is 9.59 Å². The Kier molecular flexibility index (Phi) is 9.24. The van der Waals surface area contributed by atoms with Gasteiger partial charge in [0.05, 0.1) is 13.2 Å². The summed E-state index contributed by atoms with van der Waals surface area (Å²) in [5, 5.41) is 5.73. The van der Waals surface area contributed by atoms with E-state index in [1.54, 1.807) is 24.3 Å². The van der Waals surface area contributed by atoms with Crippen LogP contribution in [0.2, 0.25) is 0 Å². The maximum absolute atomic E-state index is 13.1. The quantitative estimate of drug-likeness (QED) is 0.423. The number of ether oxygens (including phenoxy) is 2. The number of aromatic nitrogens is 3. The Labute approximate surface area is 264 Å². The third kappa shape index (κ3) is 7.41. The Morgan fingerprint density at radius 1 is 0.800 bits per heavy atom. The number of nitrogens with one attached hydrogen (secondary N) is 2. The first kappa shape index (κ1) is 30.9. The fourth-order valence-electron chi connectivity index (χ4n) is 5.84. The van der Waals surface area contributed by atoms with E-state index in [-0.39, 0.29) is 23.4 Å². The van der Waals surface area contributed by atoms with Gasteiger partial charge in [0.2, 0.25) is 5.95 Å². The summed E-state index contributed by atoms with van der Waals surface area (Å²) in [4.78, 5) is 46.7. The third-order valence-corrected chi connectivity index (χ3v) is 8.92. The van der Waals surface area contributed by atoms with Crippen LogP contribution in [0.15, 0.2) is 48.5 Å². The predicted octanol–water partition coefficient (Wildman–Crippen LogP) is 4.08. The first-order valence-electron chi connectivity index (χ1n) is 15.7. The number of hydrogen-bond acceptors (Lipinski definition) is 9. The maximum atomic E-state index is 13.1. The molecule has 2 aromatic carbocycles. The molecular formula is C33H42N8O4. The number of amides is 3. The zero-order chi connectivity index (χ0) is 31.4. The number of hydrogen-bond donors (Lipinski definition) is 2. The van der Waals surface area contributed by atoms with Crippen LogP contribution in [0.3, 0.4) is 0 Å². The van der Waals surface area contributed by atoms with Gasteiger partial charge in [-0.3, -0.25) is 9.69 Å². The Hall–Kier alpha value is -4.13. The highest BCUT2D eigenvalue weighted by Crippen LogP contribution is 2.28. The van der Waals surface area contributed by atoms with Gasteiger partial charge >= 0.3 is 6.03 Å². The molecule has 2 N–H and O–H groups in total. The van der Waals surface area contributed by atoms with E-state index >= 15 is 0 Å². The molecule has 3 fully saturated rings. The van der Waals surface area contributed by atoms with Crippen LogP contribution >= 0.6 is 0 Å². The van der Waals surface area contributed by atoms with Gasteiger partial charge in [0, 0.05) is 79.9 Å². The monoisotopic (exact) mass is 614 g/mol. The van der Waals surface area contributed by atoms with Crippen LogP contribution in [0, 0.1) is 0 Å². The van der Waals surface area contributed by atoms with Gasteiger partial charge in [0.15, 0.2) is 5.82 Å². The predicted molar refractivity (Wildman–Crippen MR) is 173 cm³/mol. The molecule has 0 aliphatic carbocycles. The molecule has 45 heavy (non-hydrogen) atoms. The molecule has 12 heteroatoms. The second-order valence-corrected chi connectivity index (χ2v) is 12.5. The molecule has 3 saturated heterocycles. The van der Waals surface area contributed by atoms with E-state index in [0.29, 0.717) is 68.2 Å². The number of carbonyl (C=O) groups excluding carboxylic acids is 2. The largest absolute Gasteiger partial charge is 0.381 e. The Morgan fingerprint density at radius 2 is 1.42 bits per heavy atom. The van der Waals surface area contributed by atoms with Crippen molar-refractivity contribution < 1.29 is 19.1 Å². The lowest BCUT2D eigenvalue weighted by molar-refractivity contribution is 0.0311. The number of anilines is 3. The van der Waals surface area contributed by atoms with Gasteiger partial charge in [-0.25, -0.2) is 9.78 Å². The zero-order valence-corrected chi connectivity index (χ0v) is 26.3. The fourth-order valence-corrected chi connectivity index (χ4v) is 5.84. The number of benzene rings is 2. The van der Waals surface area contributed by atoms with E-state index < -0.39 is 0 Å². The number of urea groups is 1. The topological polar surface area (TPSA) is 125 Å². The first-order valence-corrected chi connectivity index (χ1v) is 15.7. The molecule has 0 atom stereocenters. The van der Waals surface area contributed by atoms with E-state index in [1.807, 2.05) is 29.2 Å². The number of morpholine rings is 1. The van der Waals surface area contributed by atoms with Crippen LogP contribution in [0.1, 0.15) is 48.8 Å². The van der Waals surface area contributed by atoms with Gasteiger partial charge in [-0.15, -0.1) is 0 Å². The summed E-state index contributed by atoms with van der Waals surface area (Å²) in [6.45, 7) is 10.7. The smallest absolute Gasteiger partial charge is 0.323 e. The summed E-state index contributed by atoms with van der Waals surface area (Å²) in [5.41, 5.74) is 2.60. The normalized spacial score (nSPS) is 19.3. The molecule has 3 aliphatic rings. The van der Waals surface area contributed by atoms with E-state index in [2.05, 4.69) is 41.3 Å². The van der Waals surface area contributed by atoms with E-state index in [1.165, 1.54) is 0 Å². The van der Waals surface area contributed by atoms with Gasteiger partial charge in [-0.1, -0.05) is 0 Å². The van der Waals surface area contributed by atoms with Gasteiger partial charge < -0.3 is 29.9 Å². The average Bonchev–Trinajstić information content (AvgIpc) is 3.07. The van der Waals surface area contributed by atoms with Crippen molar-refractivity contribution in [2.45, 2.75) is 38.1 Å². The number of nitrogens with zero attached hydrogens (tertiary/aromatic N) is 6. The molecule has 6 rings (SSSR count). The van der Waals surface area contributed by atoms with Gasteiger partial charge in [-0.2, -0.15) is 9.97 Å². The van der Waals surface area contributed by atoms with Crippen LogP contribution in [0.5, 0.6) is 0 Å². The SMILES string of the molecule is CN1CCN(C(=O)c2ccc(NC(=O)Nc3ccc(-c4nc(C5CCOCC5)nc(N5CCOCC5)n4)cc3)cc2)CC1(C)C. The number of likely N-dealkylation sites (N-methyl/N-ethyl adjacent to an activating group) is 1. The second-order valence-electron chi connectivity index (χ2n) is 12.5. The Bertz CT molecular complexity index is 1450. The lowest BCUT2D eigenvalue weighted by Crippen LogP contribution is -2.58. The summed E-state index contributed by atoms with van der Waals surface area (Å²) in [6, 6.07) is 14.1. The van der Waals surface area contributed by atoms with E-state index in [4.69, 9.17) is 24.4 Å². The van der Waals surface area contributed by atoms with Gasteiger partial charge in [-0.05, 0) is 82.3 Å². The minimum atomic E-state index is -0.376. The minimum absolute atomic E-state index is 0.00221. The van der Waals surface area contributed by atoms with Crippen molar-refractivity contribution in [3.8, 4) is 11.4 Å². The minimum Gasteiger partial charge on any atom is -0.381 e. The highest BCUT2D eigenvalue weighted by atomic mass is 16.5. The first-order chi connectivity index (χ1) is 21.7. The van der Waals surface area contributed by atoms with Crippen LogP contribution in [0.4, 0.5) is 22.1 Å². The second kappa shape index (κ2) is 13.5. The summed E-state index contributed by atoms with van der Waals surface area (Å²) < 4.78 is 11.1. The molecule has 4 heterocycles. The Balaban J connectivity index is 1.09. The molecule has 3 aliphatic heterocycles. The summed E-state index contributed by atoms with van der Waals surface area (Å²) in [5.74, 6) is 2.31. The van der Waals surface area contributed by atoms with Crippen LogP contribution in [-0.4, -0.2) is 108 Å². The van der Waals surface area contributed by atoms with Crippen LogP contribution < -0.4 is 15.5 Å². The molecule has 0 saturated carbocycles. The van der Waals surface area contributed by atoms with Gasteiger partial charge in [0.25, 0.3) is 5.91 Å². The Morgan fingerprint density at radius 3 is 2.07 bits per heavy atom. The molecule has 1 aromatic heterocycles. The van der Waals surface area contributed by atoms with E-state index in [0.717, 1.165) is 43.9 Å². The molecule has 12 nitrogen and oxygen atoms in total. The standard InChI is InChI=1S/C33H42N8O4/c1-33(2)22-41(15-14-39(33)3)30(42)25-6-10-27(11-7-25)35-32(43)34-26-8-4-23(5-9-26)28-36-29(24-12-18-44-19-13-24)38-31(37-28)40-16-20-45-21-17-40/h4-11,24H,12-22H2,1-3H3,(H2,34,35,43). The maximum Gasteiger partial charge on any atom is 0.323 e. The van der Waals surface area contributed by atoms with Crippen molar-refractivity contribution in [3.63, 3.8) is 0 Å². The molecule has 0 spiro atoms. The molecule has 0 unspecified atom stereocenters. The van der Waals surface area contributed by atoms with Crippen LogP contribution in [-0.2, 0) is 9.47 Å². The fraction of sp³-hybridized carbons (Fsp3) is 0.485. The number of rotatable bonds is 6. The summed E-state index contributed by atoms with van der Waals surface area (Å²) >= 11 is 0. The molecule has 3 amide bonds. The highest BCUT2D eigenvalue weighted by Gasteiger charge is 2.33. The third-order valence-electron chi connectivity index (χ3n) is 8.92. The lowest BCUT2D eigenvalue weighted by atomic mass is 9.99. The van der Waals surface area contributed by atoms with Crippen molar-refractivity contribution in [2.75, 3.05) is 81.7 Å². The summed E-state index contributed by atoms with van der Waals surface area (Å²) in [7, 11) is 2.09. The van der Waals surface area contributed by atoms with Gasteiger partial charge in [0.1, 0.15) is 5.82 Å². The van der Waals surface area contributed by atoms with Crippen LogP contribution in [0.25, 0.3) is 11.4 Å². The molecule has 0 radical (unpaired) electrons. The number of carbonyl (C=O) groups is 2. The van der Waals surface area contributed by atoms with Crippen molar-refractivity contribution in [3.05, 3.63) is 59.9 Å². The average molecular weight is 615 g/mol. The van der Waals surface area contributed by atoms with Crippen molar-refractivity contribution in [2.24, 2.45) is 0 Å². The molecule has 238 valence electrons. The molecular weight excluding hydrogens is 572 g/mol. The van der Waals surface area contributed by atoms with Crippen molar-refractivity contribution in [1.29, 1.82) is 0 Å². The molecule has 0 bridgehead atoms. The summed E-state index contributed by atoms with van der Waals surface area (Å²) in [6.07, 6.45) is 1.77. The van der Waals surface area contributed by atoms with Crippen molar-refractivity contribution >= 4 is 29.3 Å². The number of piperazine rings is 1. The lowest BCUT2D eigenvalue weighted by Gasteiger charge is -2.45. The van der Waals surface area contributed by atoms with Crippen molar-refractivity contribution in [1.82, 2.24) is 24.8 Å². The highest BCUT2D eigenvalue weighted by molar-refractivity contribution is 6.00. The molecule has 3 aromatic rings. The zero-order valence-electron chi connectivity index (χ0n) is 26.3.